The van der Waals surface area contributed by atoms with E-state index in [0.717, 1.165) is 17.7 Å². The predicted molar refractivity (Wildman–Crippen MR) is 91.0 cm³/mol. The monoisotopic (exact) mass is 386 g/mol. The van der Waals surface area contributed by atoms with E-state index < -0.39 is 39.4 Å². The molecule has 2 aromatic carbocycles. The molecule has 26 heavy (non-hydrogen) atoms. The van der Waals surface area contributed by atoms with Gasteiger partial charge in [0.25, 0.3) is 0 Å². The van der Waals surface area contributed by atoms with Crippen LogP contribution in [0.2, 0.25) is 0 Å². The molecule has 0 fully saturated rings. The summed E-state index contributed by atoms with van der Waals surface area (Å²) in [6.07, 6.45) is -4.64. The smallest absolute Gasteiger partial charge is 0.324 e. The van der Waals surface area contributed by atoms with Crippen molar-refractivity contribution >= 4 is 21.6 Å². The lowest BCUT2D eigenvalue weighted by Crippen LogP contribution is -2.41. The van der Waals surface area contributed by atoms with Gasteiger partial charge in [0.1, 0.15) is 0 Å². The Morgan fingerprint density at radius 1 is 1.04 bits per heavy atom. The number of benzene rings is 2. The van der Waals surface area contributed by atoms with Gasteiger partial charge in [-0.1, -0.05) is 29.8 Å². The van der Waals surface area contributed by atoms with E-state index in [1.165, 1.54) is 31.2 Å². The molecule has 9 heteroatoms. The Hall–Kier alpha value is -2.39. The Bertz CT molecular complexity index is 894. The highest BCUT2D eigenvalue weighted by molar-refractivity contribution is 7.89. The van der Waals surface area contributed by atoms with Gasteiger partial charge in [-0.25, -0.2) is 8.42 Å². The van der Waals surface area contributed by atoms with Crippen LogP contribution in [0.25, 0.3) is 0 Å². The topological polar surface area (TPSA) is 75.3 Å². The molecular formula is C17H17F3N2O3S. The SMILES string of the molecule is Cc1ccc(S(=O)(=O)N[C@@H](C)C(=O)Nc2ccccc2C(F)(F)F)cc1. The van der Waals surface area contributed by atoms with Crippen molar-refractivity contribution in [3.63, 3.8) is 0 Å². The maximum atomic E-state index is 13.0. The van der Waals surface area contributed by atoms with E-state index in [0.29, 0.717) is 0 Å². The number of hydrogen-bond acceptors (Lipinski definition) is 3. The van der Waals surface area contributed by atoms with Crippen LogP contribution in [-0.4, -0.2) is 20.4 Å². The third kappa shape index (κ3) is 4.83. The van der Waals surface area contributed by atoms with E-state index in [2.05, 4.69) is 10.0 Å². The van der Waals surface area contributed by atoms with Crippen molar-refractivity contribution in [1.82, 2.24) is 4.72 Å². The highest BCUT2D eigenvalue weighted by Crippen LogP contribution is 2.34. The van der Waals surface area contributed by atoms with E-state index in [1.807, 2.05) is 0 Å². The normalized spacial score (nSPS) is 13.3. The number of nitrogens with one attached hydrogen (secondary N) is 2. The Morgan fingerprint density at radius 3 is 2.19 bits per heavy atom. The number of anilines is 1. The van der Waals surface area contributed by atoms with Gasteiger partial charge >= 0.3 is 6.18 Å². The largest absolute Gasteiger partial charge is 0.418 e. The molecule has 0 unspecified atom stereocenters. The molecule has 0 spiro atoms. The minimum atomic E-state index is -4.64. The molecule has 1 amide bonds. The maximum Gasteiger partial charge on any atom is 0.418 e. The van der Waals surface area contributed by atoms with Gasteiger partial charge in [-0.15, -0.1) is 0 Å². The van der Waals surface area contributed by atoms with Gasteiger partial charge in [0.2, 0.25) is 15.9 Å². The van der Waals surface area contributed by atoms with Crippen LogP contribution in [0.15, 0.2) is 53.4 Å². The number of halogens is 3. The molecule has 2 rings (SSSR count). The summed E-state index contributed by atoms with van der Waals surface area (Å²) < 4.78 is 65.6. The molecule has 0 heterocycles. The summed E-state index contributed by atoms with van der Waals surface area (Å²) in [5.41, 5.74) is -0.591. The Morgan fingerprint density at radius 2 is 1.62 bits per heavy atom. The second-order valence-corrected chi connectivity index (χ2v) is 7.40. The number of carbonyl (C=O) groups is 1. The highest BCUT2D eigenvalue weighted by atomic mass is 32.2. The molecule has 0 saturated carbocycles. The summed E-state index contributed by atoms with van der Waals surface area (Å²) in [4.78, 5) is 12.1. The molecule has 2 N–H and O–H groups in total. The fraction of sp³-hybridized carbons (Fsp3) is 0.235. The van der Waals surface area contributed by atoms with E-state index in [-0.39, 0.29) is 4.90 Å². The minimum absolute atomic E-state index is 0.0431. The molecule has 0 radical (unpaired) electrons. The highest BCUT2D eigenvalue weighted by Gasteiger charge is 2.34. The Labute approximate surface area is 149 Å². The second-order valence-electron chi connectivity index (χ2n) is 5.69. The fourth-order valence-corrected chi connectivity index (χ4v) is 3.35. The van der Waals surface area contributed by atoms with E-state index in [1.54, 1.807) is 19.1 Å². The first-order valence-corrected chi connectivity index (χ1v) is 9.05. The van der Waals surface area contributed by atoms with Crippen LogP contribution in [0.4, 0.5) is 18.9 Å². The summed E-state index contributed by atoms with van der Waals surface area (Å²) in [6, 6.07) is 9.13. The van der Waals surface area contributed by atoms with Gasteiger partial charge in [-0.2, -0.15) is 17.9 Å². The second kappa shape index (κ2) is 7.46. The molecule has 2 aromatic rings. The number of sulfonamides is 1. The number of hydrogen-bond donors (Lipinski definition) is 2. The van der Waals surface area contributed by atoms with Crippen LogP contribution in [0, 0.1) is 6.92 Å². The van der Waals surface area contributed by atoms with Crippen molar-refractivity contribution in [2.75, 3.05) is 5.32 Å². The van der Waals surface area contributed by atoms with Gasteiger partial charge in [-0.3, -0.25) is 4.79 Å². The van der Waals surface area contributed by atoms with Gasteiger partial charge in [0.15, 0.2) is 0 Å². The predicted octanol–water partition coefficient (Wildman–Crippen LogP) is 3.32. The van der Waals surface area contributed by atoms with Gasteiger partial charge in [0.05, 0.1) is 22.2 Å². The summed E-state index contributed by atoms with van der Waals surface area (Å²) in [7, 11) is -3.99. The summed E-state index contributed by atoms with van der Waals surface area (Å²) in [5, 5.41) is 2.11. The van der Waals surface area contributed by atoms with Crippen molar-refractivity contribution in [3.05, 3.63) is 59.7 Å². The van der Waals surface area contributed by atoms with Gasteiger partial charge < -0.3 is 5.32 Å². The number of aryl methyl sites for hydroxylation is 1. The van der Waals surface area contributed by atoms with Crippen LogP contribution >= 0.6 is 0 Å². The number of carbonyl (C=O) groups excluding carboxylic acids is 1. The summed E-state index contributed by atoms with van der Waals surface area (Å²) in [6.45, 7) is 3.04. The molecule has 0 aromatic heterocycles. The molecule has 0 aliphatic heterocycles. The Kier molecular flexibility index (Phi) is 5.72. The molecular weight excluding hydrogens is 369 g/mol. The lowest BCUT2D eigenvalue weighted by Gasteiger charge is -2.17. The number of amides is 1. The lowest BCUT2D eigenvalue weighted by molar-refractivity contribution is -0.137. The van der Waals surface area contributed by atoms with Gasteiger partial charge in [-0.05, 0) is 38.1 Å². The van der Waals surface area contributed by atoms with Crippen LogP contribution < -0.4 is 10.0 Å². The average molecular weight is 386 g/mol. The number of alkyl halides is 3. The summed E-state index contributed by atoms with van der Waals surface area (Å²) in [5.74, 6) is -0.905. The minimum Gasteiger partial charge on any atom is -0.324 e. The number of rotatable bonds is 5. The first-order chi connectivity index (χ1) is 12.0. The zero-order chi connectivity index (χ0) is 19.5. The quantitative estimate of drug-likeness (QED) is 0.828. The van der Waals surface area contributed by atoms with E-state index in [4.69, 9.17) is 0 Å². The van der Waals surface area contributed by atoms with Crippen molar-refractivity contribution in [1.29, 1.82) is 0 Å². The molecule has 140 valence electrons. The zero-order valence-electron chi connectivity index (χ0n) is 14.0. The molecule has 0 aliphatic carbocycles. The van der Waals surface area contributed by atoms with Crippen LogP contribution in [0.3, 0.4) is 0 Å². The third-order valence-corrected chi connectivity index (χ3v) is 5.10. The van der Waals surface area contributed by atoms with Crippen LogP contribution in [0.1, 0.15) is 18.1 Å². The number of para-hydroxylation sites is 1. The molecule has 0 bridgehead atoms. The average Bonchev–Trinajstić information content (AvgIpc) is 2.54. The molecule has 0 saturated heterocycles. The first-order valence-electron chi connectivity index (χ1n) is 7.57. The summed E-state index contributed by atoms with van der Waals surface area (Å²) >= 11 is 0. The molecule has 5 nitrogen and oxygen atoms in total. The molecule has 1 atom stereocenters. The van der Waals surface area contributed by atoms with E-state index in [9.17, 15) is 26.4 Å². The van der Waals surface area contributed by atoms with Gasteiger partial charge in [0, 0.05) is 0 Å². The van der Waals surface area contributed by atoms with E-state index >= 15 is 0 Å². The Balaban J connectivity index is 2.15. The zero-order valence-corrected chi connectivity index (χ0v) is 14.8. The first kappa shape index (κ1) is 19.9. The molecule has 0 aliphatic rings. The van der Waals surface area contributed by atoms with Crippen molar-refractivity contribution in [2.24, 2.45) is 0 Å². The van der Waals surface area contributed by atoms with Crippen LogP contribution in [-0.2, 0) is 21.0 Å². The van der Waals surface area contributed by atoms with Crippen molar-refractivity contribution in [2.45, 2.75) is 31.0 Å². The van der Waals surface area contributed by atoms with Crippen molar-refractivity contribution < 1.29 is 26.4 Å². The van der Waals surface area contributed by atoms with Crippen molar-refractivity contribution in [3.8, 4) is 0 Å². The maximum absolute atomic E-state index is 13.0. The third-order valence-electron chi connectivity index (χ3n) is 3.55. The fourth-order valence-electron chi connectivity index (χ4n) is 2.15. The standard InChI is InChI=1S/C17H17F3N2O3S/c1-11-7-9-13(10-8-11)26(24,25)22-12(2)16(23)21-15-6-4-3-5-14(15)17(18,19)20/h3-10,12,22H,1-2H3,(H,21,23)/t12-/m0/s1. The van der Waals surface area contributed by atoms with Crippen LogP contribution in [0.5, 0.6) is 0 Å². The lowest BCUT2D eigenvalue weighted by atomic mass is 10.1.